The molecule has 0 aliphatic rings. The van der Waals surface area contributed by atoms with Gasteiger partial charge in [0.05, 0.1) is 6.10 Å². The Kier molecular flexibility index (Phi) is 4.65. The van der Waals surface area contributed by atoms with Gasteiger partial charge in [-0.25, -0.2) is 0 Å². The molecule has 0 saturated heterocycles. The molecule has 1 N–H and O–H groups in total. The van der Waals surface area contributed by atoms with Gasteiger partial charge in [-0.15, -0.1) is 0 Å². The fourth-order valence-electron chi connectivity index (χ4n) is 1.74. The van der Waals surface area contributed by atoms with Crippen molar-refractivity contribution in [1.82, 2.24) is 0 Å². The van der Waals surface area contributed by atoms with Gasteiger partial charge in [-0.05, 0) is 37.5 Å². The van der Waals surface area contributed by atoms with Crippen LogP contribution in [0.4, 0.5) is 0 Å². The van der Waals surface area contributed by atoms with Gasteiger partial charge in [0.15, 0.2) is 8.32 Å². The zero-order chi connectivity index (χ0) is 14.9. The highest BCUT2D eigenvalue weighted by Gasteiger charge is 2.42. The quantitative estimate of drug-likeness (QED) is 0.833. The van der Waals surface area contributed by atoms with Crippen LogP contribution < -0.4 is 0 Å². The molecule has 0 radical (unpaired) electrons. The summed E-state index contributed by atoms with van der Waals surface area (Å²) in [7, 11) is -1.87. The van der Waals surface area contributed by atoms with E-state index in [1.54, 1.807) is 0 Å². The Morgan fingerprint density at radius 1 is 1.05 bits per heavy atom. The van der Waals surface area contributed by atoms with E-state index in [4.69, 9.17) is 4.43 Å². The number of hydrogen-bond acceptors (Lipinski definition) is 2. The highest BCUT2D eigenvalue weighted by molar-refractivity contribution is 6.74. The van der Waals surface area contributed by atoms with Crippen LogP contribution >= 0.6 is 0 Å². The van der Waals surface area contributed by atoms with Crippen LogP contribution in [0.3, 0.4) is 0 Å². The van der Waals surface area contributed by atoms with E-state index in [9.17, 15) is 5.11 Å². The van der Waals surface area contributed by atoms with Crippen molar-refractivity contribution in [2.75, 3.05) is 0 Å². The van der Waals surface area contributed by atoms with Gasteiger partial charge >= 0.3 is 0 Å². The summed E-state index contributed by atoms with van der Waals surface area (Å²) in [5.41, 5.74) is -0.0576. The third-order valence-electron chi connectivity index (χ3n) is 4.43. The topological polar surface area (TPSA) is 29.5 Å². The molecule has 1 rings (SSSR count). The minimum Gasteiger partial charge on any atom is -0.411 e. The summed E-state index contributed by atoms with van der Waals surface area (Å²) in [6, 6.07) is 9.75. The number of rotatable bonds is 4. The predicted molar refractivity (Wildman–Crippen MR) is 83.8 cm³/mol. The van der Waals surface area contributed by atoms with E-state index in [0.29, 0.717) is 0 Å². The minimum atomic E-state index is -1.87. The van der Waals surface area contributed by atoms with Crippen LogP contribution in [0.25, 0.3) is 0 Å². The molecule has 0 bridgehead atoms. The van der Waals surface area contributed by atoms with Crippen molar-refractivity contribution in [2.24, 2.45) is 0 Å². The first kappa shape index (κ1) is 16.4. The van der Waals surface area contributed by atoms with Crippen molar-refractivity contribution in [3.63, 3.8) is 0 Å². The lowest BCUT2D eigenvalue weighted by Gasteiger charge is -2.42. The van der Waals surface area contributed by atoms with Crippen LogP contribution in [0.2, 0.25) is 18.1 Å². The van der Waals surface area contributed by atoms with Gasteiger partial charge in [0.25, 0.3) is 0 Å². The molecule has 2 nitrogen and oxygen atoms in total. The largest absolute Gasteiger partial charge is 0.411 e. The van der Waals surface area contributed by atoms with E-state index in [1.807, 2.05) is 44.2 Å². The van der Waals surface area contributed by atoms with Crippen LogP contribution in [0.5, 0.6) is 0 Å². The summed E-state index contributed by atoms with van der Waals surface area (Å²) in [5, 5.41) is 10.9. The van der Waals surface area contributed by atoms with Gasteiger partial charge in [0, 0.05) is 0 Å². The normalized spacial score (nSPS) is 17.9. The summed E-state index contributed by atoms with van der Waals surface area (Å²) in [5.74, 6) is 0. The molecule has 108 valence electrons. The van der Waals surface area contributed by atoms with Crippen LogP contribution in [0.15, 0.2) is 30.3 Å². The second kappa shape index (κ2) is 5.39. The molecule has 0 amide bonds. The van der Waals surface area contributed by atoms with Gasteiger partial charge in [-0.2, -0.15) is 0 Å². The minimum absolute atomic E-state index is 0.147. The molecule has 0 aliphatic heterocycles. The van der Waals surface area contributed by atoms with E-state index in [-0.39, 0.29) is 11.1 Å². The molecular weight excluding hydrogens is 252 g/mol. The molecule has 0 aromatic heterocycles. The summed E-state index contributed by atoms with van der Waals surface area (Å²) in [6.07, 6.45) is -0.226. The molecule has 2 atom stereocenters. The Morgan fingerprint density at radius 3 is 1.95 bits per heavy atom. The fraction of sp³-hybridized carbons (Fsp3) is 0.625. The molecule has 0 saturated carbocycles. The Morgan fingerprint density at radius 2 is 1.53 bits per heavy atom. The first-order valence-corrected chi connectivity index (χ1v) is 9.85. The van der Waals surface area contributed by atoms with Crippen LogP contribution in [0, 0.1) is 0 Å². The zero-order valence-electron chi connectivity index (χ0n) is 13.3. The summed E-state index contributed by atoms with van der Waals surface area (Å²) in [4.78, 5) is 0. The van der Waals surface area contributed by atoms with Crippen LogP contribution in [-0.2, 0) is 10.0 Å². The molecule has 19 heavy (non-hydrogen) atoms. The van der Waals surface area contributed by atoms with Gasteiger partial charge in [0.1, 0.15) is 5.60 Å². The second-order valence-electron chi connectivity index (χ2n) is 7.03. The smallest absolute Gasteiger partial charge is 0.192 e. The SMILES string of the molecule is C[C@@H](O[Si](C)(C)C(C)(C)C)[C@](C)(O)c1ccccc1. The monoisotopic (exact) mass is 280 g/mol. The Bertz CT molecular complexity index is 405. The van der Waals surface area contributed by atoms with E-state index < -0.39 is 13.9 Å². The first-order chi connectivity index (χ1) is 8.48. The third-order valence-corrected chi connectivity index (χ3v) is 8.98. The van der Waals surface area contributed by atoms with E-state index in [0.717, 1.165) is 5.56 Å². The van der Waals surface area contributed by atoms with Crippen molar-refractivity contribution in [2.45, 2.75) is 64.5 Å². The molecule has 1 aromatic rings. The van der Waals surface area contributed by atoms with Gasteiger partial charge in [0.2, 0.25) is 0 Å². The lowest BCUT2D eigenvalue weighted by molar-refractivity contribution is -0.0500. The summed E-state index contributed by atoms with van der Waals surface area (Å²) >= 11 is 0. The van der Waals surface area contributed by atoms with E-state index in [1.165, 1.54) is 0 Å². The Labute approximate surface area is 118 Å². The van der Waals surface area contributed by atoms with Gasteiger partial charge < -0.3 is 9.53 Å². The molecule has 0 spiro atoms. The van der Waals surface area contributed by atoms with E-state index in [2.05, 4.69) is 33.9 Å². The maximum Gasteiger partial charge on any atom is 0.192 e. The van der Waals surface area contributed by atoms with Crippen LogP contribution in [0.1, 0.15) is 40.2 Å². The predicted octanol–water partition coefficient (Wildman–Crippen LogP) is 4.30. The zero-order valence-corrected chi connectivity index (χ0v) is 14.3. The molecule has 3 heteroatoms. The molecule has 0 heterocycles. The van der Waals surface area contributed by atoms with E-state index >= 15 is 0 Å². The van der Waals surface area contributed by atoms with Crippen molar-refractivity contribution < 1.29 is 9.53 Å². The third kappa shape index (κ3) is 3.68. The highest BCUT2D eigenvalue weighted by atomic mass is 28.4. The van der Waals surface area contributed by atoms with Crippen LogP contribution in [-0.4, -0.2) is 19.5 Å². The van der Waals surface area contributed by atoms with Crippen molar-refractivity contribution in [3.05, 3.63) is 35.9 Å². The average Bonchev–Trinajstić information content (AvgIpc) is 2.28. The Balaban J connectivity index is 2.92. The first-order valence-electron chi connectivity index (χ1n) is 6.94. The average molecular weight is 280 g/mol. The maximum absolute atomic E-state index is 10.8. The fourth-order valence-corrected chi connectivity index (χ4v) is 3.21. The van der Waals surface area contributed by atoms with Gasteiger partial charge in [-0.1, -0.05) is 51.1 Å². The van der Waals surface area contributed by atoms with Crippen molar-refractivity contribution in [3.8, 4) is 0 Å². The molecule has 0 aliphatic carbocycles. The number of aliphatic hydroxyl groups is 1. The second-order valence-corrected chi connectivity index (χ2v) is 11.8. The lowest BCUT2D eigenvalue weighted by Crippen LogP contribution is -2.48. The number of benzene rings is 1. The number of hydrogen-bond donors (Lipinski definition) is 1. The molecule has 0 unspecified atom stereocenters. The summed E-state index contributed by atoms with van der Waals surface area (Å²) < 4.78 is 6.31. The molecule has 0 fully saturated rings. The lowest BCUT2D eigenvalue weighted by atomic mass is 9.91. The summed E-state index contributed by atoms with van der Waals surface area (Å²) in [6.45, 7) is 14.9. The van der Waals surface area contributed by atoms with Gasteiger partial charge in [-0.3, -0.25) is 0 Å². The Hall–Kier alpha value is -0.643. The van der Waals surface area contributed by atoms with Crippen molar-refractivity contribution in [1.29, 1.82) is 0 Å². The highest BCUT2D eigenvalue weighted by Crippen LogP contribution is 2.39. The molecule has 1 aromatic carbocycles. The maximum atomic E-state index is 10.8. The van der Waals surface area contributed by atoms with Crippen molar-refractivity contribution >= 4 is 8.32 Å². The molecular formula is C16H28O2Si. The standard InChI is InChI=1S/C16H28O2Si/c1-13(18-19(6,7)15(2,3)4)16(5,17)14-11-9-8-10-12-14/h8-13,17H,1-7H3/t13-,16+/m1/s1.